The predicted octanol–water partition coefficient (Wildman–Crippen LogP) is 5.62. The quantitative estimate of drug-likeness (QED) is 0.370. The van der Waals surface area contributed by atoms with Gasteiger partial charge in [0.2, 0.25) is 5.91 Å². The van der Waals surface area contributed by atoms with Gasteiger partial charge in [0.05, 0.1) is 32.4 Å². The third-order valence-electron chi connectivity index (χ3n) is 7.56. The Bertz CT molecular complexity index is 1100. The van der Waals surface area contributed by atoms with Crippen molar-refractivity contribution in [2.45, 2.75) is 64.8 Å². The molecule has 8 nitrogen and oxygen atoms in total. The summed E-state index contributed by atoms with van der Waals surface area (Å²) in [7, 11) is 4.89. The smallest absolute Gasteiger partial charge is 0.257 e. The number of hydrogen-bond acceptors (Lipinski definition) is 6. The van der Waals surface area contributed by atoms with Gasteiger partial charge < -0.3 is 28.7 Å². The molecule has 0 bridgehead atoms. The summed E-state index contributed by atoms with van der Waals surface area (Å²) in [4.78, 5) is 31.2. The van der Waals surface area contributed by atoms with Crippen LogP contribution in [0.25, 0.3) is 0 Å². The Morgan fingerprint density at radius 1 is 0.976 bits per heavy atom. The first-order valence-electron chi connectivity index (χ1n) is 14.9. The first kappa shape index (κ1) is 32.3. The number of methoxy groups -OCH3 is 3. The van der Waals surface area contributed by atoms with Crippen LogP contribution in [0.5, 0.6) is 17.2 Å². The molecule has 0 saturated carbocycles. The second-order valence-corrected chi connectivity index (χ2v) is 11.1. The summed E-state index contributed by atoms with van der Waals surface area (Å²) < 4.78 is 22.4. The van der Waals surface area contributed by atoms with Crippen LogP contribution in [0, 0.1) is 5.92 Å². The highest BCUT2D eigenvalue weighted by Crippen LogP contribution is 2.28. The van der Waals surface area contributed by atoms with Crippen molar-refractivity contribution in [3.63, 3.8) is 0 Å². The standard InChI is InChI=1S/C33H48N2O6/c1-25(2)22-27-24-41-29-13-9-8-12-28(29)33(37)34(20-21-38-3)18-10-6-7-11-19-35(27)32(36)17-15-26-14-16-30(39-4)31(23-26)40-5/h8-9,12-14,16,23,25,27H,6-7,10-11,15,17-22,24H2,1-5H3/t27-/m0/s1. The van der Waals surface area contributed by atoms with Gasteiger partial charge in [-0.3, -0.25) is 9.59 Å². The lowest BCUT2D eigenvalue weighted by molar-refractivity contribution is -0.134. The molecule has 1 heterocycles. The van der Waals surface area contributed by atoms with E-state index < -0.39 is 0 Å². The monoisotopic (exact) mass is 568 g/mol. The molecule has 0 radical (unpaired) electrons. The Hall–Kier alpha value is -3.26. The highest BCUT2D eigenvalue weighted by molar-refractivity contribution is 5.97. The van der Waals surface area contributed by atoms with Crippen molar-refractivity contribution in [2.24, 2.45) is 5.92 Å². The van der Waals surface area contributed by atoms with Gasteiger partial charge in [-0.2, -0.15) is 0 Å². The third-order valence-corrected chi connectivity index (χ3v) is 7.56. The number of hydrogen-bond donors (Lipinski definition) is 0. The van der Waals surface area contributed by atoms with E-state index in [9.17, 15) is 9.59 Å². The Morgan fingerprint density at radius 2 is 1.71 bits per heavy atom. The van der Waals surface area contributed by atoms with Crippen LogP contribution in [-0.2, 0) is 16.0 Å². The maximum atomic E-state index is 13.8. The fourth-order valence-electron chi connectivity index (χ4n) is 5.35. The Morgan fingerprint density at radius 3 is 2.41 bits per heavy atom. The van der Waals surface area contributed by atoms with Gasteiger partial charge in [-0.1, -0.05) is 44.9 Å². The van der Waals surface area contributed by atoms with Gasteiger partial charge in [-0.25, -0.2) is 0 Å². The molecule has 0 fully saturated rings. The van der Waals surface area contributed by atoms with Crippen LogP contribution >= 0.6 is 0 Å². The van der Waals surface area contributed by atoms with Crippen molar-refractivity contribution >= 4 is 11.8 Å². The van der Waals surface area contributed by atoms with Crippen molar-refractivity contribution in [1.29, 1.82) is 0 Å². The number of nitrogens with zero attached hydrogens (tertiary/aromatic N) is 2. The number of ether oxygens (including phenoxy) is 4. The second-order valence-electron chi connectivity index (χ2n) is 11.1. The van der Waals surface area contributed by atoms with Gasteiger partial charge in [-0.15, -0.1) is 0 Å². The number of fused-ring (bicyclic) bond motifs is 1. The fraction of sp³-hybridized carbons (Fsp3) is 0.576. The topological polar surface area (TPSA) is 77.5 Å². The maximum absolute atomic E-state index is 13.8. The molecule has 0 aliphatic carbocycles. The number of para-hydroxylation sites is 1. The van der Waals surface area contributed by atoms with Crippen LogP contribution in [0.4, 0.5) is 0 Å². The van der Waals surface area contributed by atoms with Gasteiger partial charge in [0.15, 0.2) is 11.5 Å². The van der Waals surface area contributed by atoms with E-state index in [1.807, 2.05) is 52.3 Å². The minimum absolute atomic E-state index is 0.0435. The Balaban J connectivity index is 1.82. The number of carbonyl (C=O) groups is 2. The largest absolute Gasteiger partial charge is 0.493 e. The van der Waals surface area contributed by atoms with Gasteiger partial charge in [0.1, 0.15) is 12.4 Å². The molecule has 0 unspecified atom stereocenters. The summed E-state index contributed by atoms with van der Waals surface area (Å²) in [6.45, 7) is 7.07. The molecule has 8 heteroatoms. The molecule has 1 atom stereocenters. The average Bonchev–Trinajstić information content (AvgIpc) is 2.98. The minimum atomic E-state index is -0.0939. The molecule has 0 N–H and O–H groups in total. The van der Waals surface area contributed by atoms with E-state index in [1.54, 1.807) is 21.3 Å². The van der Waals surface area contributed by atoms with Gasteiger partial charge in [-0.05, 0) is 61.4 Å². The summed E-state index contributed by atoms with van der Waals surface area (Å²) in [6.07, 6.45) is 5.64. The zero-order chi connectivity index (χ0) is 29.6. The highest BCUT2D eigenvalue weighted by Gasteiger charge is 2.27. The summed E-state index contributed by atoms with van der Waals surface area (Å²) in [5.74, 6) is 2.35. The normalized spacial score (nSPS) is 17.0. The molecule has 3 rings (SSSR count). The van der Waals surface area contributed by atoms with E-state index >= 15 is 0 Å². The molecular formula is C33H48N2O6. The van der Waals surface area contributed by atoms with Crippen molar-refractivity contribution < 1.29 is 28.5 Å². The van der Waals surface area contributed by atoms with Crippen LogP contribution in [0.3, 0.4) is 0 Å². The van der Waals surface area contributed by atoms with E-state index in [2.05, 4.69) is 13.8 Å². The lowest BCUT2D eigenvalue weighted by Crippen LogP contribution is -2.45. The molecule has 2 amide bonds. The molecular weight excluding hydrogens is 520 g/mol. The molecule has 0 saturated heterocycles. The summed E-state index contributed by atoms with van der Waals surface area (Å²) in [5.41, 5.74) is 1.58. The maximum Gasteiger partial charge on any atom is 0.257 e. The number of amides is 2. The van der Waals surface area contributed by atoms with E-state index in [1.165, 1.54) is 0 Å². The Kier molecular flexibility index (Phi) is 13.3. The Labute approximate surface area is 245 Å². The number of carbonyl (C=O) groups excluding carboxylic acids is 2. The summed E-state index contributed by atoms with van der Waals surface area (Å²) in [5, 5.41) is 0. The van der Waals surface area contributed by atoms with Crippen molar-refractivity contribution in [1.82, 2.24) is 9.80 Å². The SMILES string of the molecule is COCCN1CCCCCCN(C(=O)CCc2ccc(OC)c(OC)c2)[C@@H](CC(C)C)COc2ccccc2C1=O. The molecule has 0 spiro atoms. The molecule has 1 aliphatic rings. The first-order chi connectivity index (χ1) is 19.9. The van der Waals surface area contributed by atoms with E-state index in [0.29, 0.717) is 74.4 Å². The van der Waals surface area contributed by atoms with Crippen molar-refractivity contribution in [3.8, 4) is 17.2 Å². The van der Waals surface area contributed by atoms with Crippen LogP contribution in [0.15, 0.2) is 42.5 Å². The molecule has 226 valence electrons. The molecule has 41 heavy (non-hydrogen) atoms. The lowest BCUT2D eigenvalue weighted by atomic mass is 10.0. The fourth-order valence-corrected chi connectivity index (χ4v) is 5.35. The van der Waals surface area contributed by atoms with Crippen LogP contribution in [0.2, 0.25) is 0 Å². The number of rotatable bonds is 10. The molecule has 2 aromatic carbocycles. The van der Waals surface area contributed by atoms with Gasteiger partial charge in [0.25, 0.3) is 5.91 Å². The zero-order valence-corrected chi connectivity index (χ0v) is 25.5. The minimum Gasteiger partial charge on any atom is -0.493 e. The third kappa shape index (κ3) is 9.66. The number of benzene rings is 2. The van der Waals surface area contributed by atoms with Crippen LogP contribution in [0.1, 0.15) is 68.3 Å². The van der Waals surface area contributed by atoms with E-state index in [-0.39, 0.29) is 17.9 Å². The second kappa shape index (κ2) is 16.9. The first-order valence-corrected chi connectivity index (χ1v) is 14.9. The average molecular weight is 569 g/mol. The van der Waals surface area contributed by atoms with E-state index in [4.69, 9.17) is 18.9 Å². The highest BCUT2D eigenvalue weighted by atomic mass is 16.5. The van der Waals surface area contributed by atoms with E-state index in [0.717, 1.165) is 37.7 Å². The van der Waals surface area contributed by atoms with Crippen LogP contribution in [-0.4, -0.2) is 81.8 Å². The summed E-state index contributed by atoms with van der Waals surface area (Å²) >= 11 is 0. The van der Waals surface area contributed by atoms with Crippen molar-refractivity contribution in [2.75, 3.05) is 54.2 Å². The molecule has 1 aliphatic heterocycles. The molecule has 0 aromatic heterocycles. The van der Waals surface area contributed by atoms with Gasteiger partial charge in [0, 0.05) is 33.2 Å². The zero-order valence-electron chi connectivity index (χ0n) is 25.5. The molecule has 2 aromatic rings. The van der Waals surface area contributed by atoms with Gasteiger partial charge >= 0.3 is 0 Å². The lowest BCUT2D eigenvalue weighted by Gasteiger charge is -2.34. The van der Waals surface area contributed by atoms with Crippen LogP contribution < -0.4 is 14.2 Å². The predicted molar refractivity (Wildman–Crippen MR) is 161 cm³/mol. The summed E-state index contributed by atoms with van der Waals surface area (Å²) in [6, 6.07) is 13.1. The van der Waals surface area contributed by atoms with Crippen molar-refractivity contribution in [3.05, 3.63) is 53.6 Å². The number of aryl methyl sites for hydroxylation is 1.